The molecule has 0 bridgehead atoms. The highest BCUT2D eigenvalue weighted by Crippen LogP contribution is 2.39. The van der Waals surface area contributed by atoms with E-state index in [-0.39, 0.29) is 17.7 Å². The van der Waals surface area contributed by atoms with Crippen molar-refractivity contribution in [3.63, 3.8) is 0 Å². The van der Waals surface area contributed by atoms with Gasteiger partial charge in [0.05, 0.1) is 28.4 Å². The number of aliphatic carboxylic acids is 1. The van der Waals surface area contributed by atoms with E-state index < -0.39 is 17.2 Å². The normalized spacial score (nSPS) is 19.4. The molecule has 0 aromatic heterocycles. The van der Waals surface area contributed by atoms with Crippen molar-refractivity contribution in [1.29, 1.82) is 0 Å². The predicted molar refractivity (Wildman–Crippen MR) is 88.7 cm³/mol. The first-order valence-electron chi connectivity index (χ1n) is 7.43. The van der Waals surface area contributed by atoms with Crippen molar-refractivity contribution in [1.82, 2.24) is 0 Å². The van der Waals surface area contributed by atoms with Crippen LogP contribution in [0.5, 0.6) is 11.5 Å². The van der Waals surface area contributed by atoms with Gasteiger partial charge in [0.2, 0.25) is 0 Å². The summed E-state index contributed by atoms with van der Waals surface area (Å²) in [5.74, 6) is -0.556. The van der Waals surface area contributed by atoms with Crippen molar-refractivity contribution in [3.8, 4) is 11.5 Å². The second-order valence-electron chi connectivity index (χ2n) is 5.45. The summed E-state index contributed by atoms with van der Waals surface area (Å²) in [5.41, 5.74) is -1.69. The summed E-state index contributed by atoms with van der Waals surface area (Å²) in [5, 5.41) is 9.83. The van der Waals surface area contributed by atoms with Crippen LogP contribution in [0.15, 0.2) is 41.9 Å². The molecule has 0 radical (unpaired) electrons. The van der Waals surface area contributed by atoms with E-state index in [1.54, 1.807) is 12.1 Å². The number of hydrogen-bond acceptors (Lipinski definition) is 6. The average Bonchev–Trinajstić information content (AvgIpc) is 2.65. The molecule has 134 valence electrons. The number of benzene rings is 1. The van der Waals surface area contributed by atoms with E-state index in [0.29, 0.717) is 17.3 Å². The Morgan fingerprint density at radius 1 is 0.960 bits per heavy atom. The molecular weight excluding hydrogens is 328 g/mol. The van der Waals surface area contributed by atoms with E-state index in [4.69, 9.17) is 18.9 Å². The molecular formula is C18H20O7. The molecule has 1 unspecified atom stereocenters. The first-order chi connectivity index (χ1) is 11.9. The molecule has 1 aromatic rings. The molecule has 7 nitrogen and oxygen atoms in total. The monoisotopic (exact) mass is 348 g/mol. The Morgan fingerprint density at radius 3 is 2.00 bits per heavy atom. The number of methoxy groups -OCH3 is 4. The Balaban J connectivity index is 2.59. The number of Topliss-reactive ketones (excluding diaryl/α,β-unsaturated/α-hetero) is 1. The van der Waals surface area contributed by atoms with E-state index in [0.717, 1.165) is 0 Å². The van der Waals surface area contributed by atoms with Gasteiger partial charge in [0.25, 0.3) is 0 Å². The van der Waals surface area contributed by atoms with Crippen LogP contribution < -0.4 is 9.47 Å². The first-order valence-corrected chi connectivity index (χ1v) is 7.43. The maximum absolute atomic E-state index is 13.1. The van der Waals surface area contributed by atoms with Gasteiger partial charge >= 0.3 is 5.97 Å². The van der Waals surface area contributed by atoms with E-state index in [1.165, 1.54) is 46.6 Å². The zero-order valence-electron chi connectivity index (χ0n) is 14.5. The molecule has 0 spiro atoms. The van der Waals surface area contributed by atoms with Gasteiger partial charge in [-0.05, 0) is 18.2 Å². The standard InChI is InChI=1S/C18H20O7/c1-22-12-5-11(6-13(7-12)23-2)16(19)18(17(20)21)9-14(24-3)8-15(10-18)25-4/h5-9H,10H2,1-4H3,(H,20,21). The predicted octanol–water partition coefficient (Wildman–Crippen LogP) is 2.42. The number of carbonyl (C=O) groups excluding carboxylic acids is 1. The number of allylic oxidation sites excluding steroid dienone is 2. The smallest absolute Gasteiger partial charge is 0.322 e. The Kier molecular flexibility index (Phi) is 5.36. The largest absolute Gasteiger partial charge is 0.501 e. The fourth-order valence-electron chi connectivity index (χ4n) is 2.65. The van der Waals surface area contributed by atoms with Crippen LogP contribution in [0, 0.1) is 5.41 Å². The van der Waals surface area contributed by atoms with Crippen molar-refractivity contribution >= 4 is 11.8 Å². The lowest BCUT2D eigenvalue weighted by Crippen LogP contribution is -2.40. The van der Waals surface area contributed by atoms with Gasteiger partial charge in [-0.15, -0.1) is 0 Å². The molecule has 1 aromatic carbocycles. The van der Waals surface area contributed by atoms with Crippen LogP contribution >= 0.6 is 0 Å². The van der Waals surface area contributed by atoms with Gasteiger partial charge in [-0.1, -0.05) is 0 Å². The molecule has 1 N–H and O–H groups in total. The van der Waals surface area contributed by atoms with Crippen LogP contribution in [0.4, 0.5) is 0 Å². The van der Waals surface area contributed by atoms with Gasteiger partial charge in [0.1, 0.15) is 23.0 Å². The first kappa shape index (κ1) is 18.4. The van der Waals surface area contributed by atoms with Crippen LogP contribution in [0.25, 0.3) is 0 Å². The van der Waals surface area contributed by atoms with Crippen molar-refractivity contribution in [2.45, 2.75) is 6.42 Å². The third kappa shape index (κ3) is 3.45. The fraction of sp³-hybridized carbons (Fsp3) is 0.333. The molecule has 1 aliphatic rings. The summed E-state index contributed by atoms with van der Waals surface area (Å²) in [6.07, 6.45) is 2.73. The molecule has 0 saturated carbocycles. The molecule has 0 aliphatic heterocycles. The highest BCUT2D eigenvalue weighted by atomic mass is 16.5. The van der Waals surface area contributed by atoms with Gasteiger partial charge in [-0.2, -0.15) is 0 Å². The van der Waals surface area contributed by atoms with Gasteiger partial charge in [0, 0.05) is 24.1 Å². The van der Waals surface area contributed by atoms with Crippen molar-refractivity contribution in [2.75, 3.05) is 28.4 Å². The summed E-state index contributed by atoms with van der Waals surface area (Å²) in [4.78, 5) is 25.2. The minimum atomic E-state index is -1.84. The number of ether oxygens (including phenoxy) is 4. The molecule has 7 heteroatoms. The van der Waals surface area contributed by atoms with E-state index in [9.17, 15) is 14.7 Å². The molecule has 2 rings (SSSR count). The van der Waals surface area contributed by atoms with E-state index in [1.807, 2.05) is 0 Å². The lowest BCUT2D eigenvalue weighted by atomic mass is 9.74. The van der Waals surface area contributed by atoms with E-state index >= 15 is 0 Å². The van der Waals surface area contributed by atoms with Crippen molar-refractivity contribution in [3.05, 3.63) is 47.4 Å². The van der Waals surface area contributed by atoms with Crippen LogP contribution in [0.1, 0.15) is 16.8 Å². The van der Waals surface area contributed by atoms with Gasteiger partial charge in [-0.25, -0.2) is 0 Å². The van der Waals surface area contributed by atoms with Gasteiger partial charge < -0.3 is 24.1 Å². The number of ketones is 1. The molecule has 0 fully saturated rings. The third-order valence-electron chi connectivity index (χ3n) is 4.04. The zero-order valence-corrected chi connectivity index (χ0v) is 14.5. The van der Waals surface area contributed by atoms with E-state index in [2.05, 4.69) is 0 Å². The number of rotatable bonds is 7. The van der Waals surface area contributed by atoms with Crippen molar-refractivity contribution < 1.29 is 33.6 Å². The number of carboxylic acid groups (broad SMARTS) is 1. The van der Waals surface area contributed by atoms with Crippen molar-refractivity contribution in [2.24, 2.45) is 5.41 Å². The second-order valence-corrected chi connectivity index (χ2v) is 5.45. The Labute approximate surface area is 145 Å². The third-order valence-corrected chi connectivity index (χ3v) is 4.04. The Bertz CT molecular complexity index is 726. The minimum absolute atomic E-state index is 0.121. The molecule has 1 atom stereocenters. The summed E-state index contributed by atoms with van der Waals surface area (Å²) in [7, 11) is 5.71. The van der Waals surface area contributed by atoms with Crippen LogP contribution in [0.3, 0.4) is 0 Å². The summed E-state index contributed by atoms with van der Waals surface area (Å²) < 4.78 is 20.6. The molecule has 0 heterocycles. The quantitative estimate of drug-likeness (QED) is 0.597. The lowest BCUT2D eigenvalue weighted by molar-refractivity contribution is -0.144. The molecule has 1 aliphatic carbocycles. The Hall–Kier alpha value is -2.96. The maximum atomic E-state index is 13.1. The van der Waals surface area contributed by atoms with Gasteiger partial charge in [-0.3, -0.25) is 9.59 Å². The van der Waals surface area contributed by atoms with Crippen LogP contribution in [-0.2, 0) is 14.3 Å². The van der Waals surface area contributed by atoms with Crippen LogP contribution in [0.2, 0.25) is 0 Å². The summed E-state index contributed by atoms with van der Waals surface area (Å²) in [6.45, 7) is 0. The van der Waals surface area contributed by atoms with Gasteiger partial charge in [0.15, 0.2) is 11.2 Å². The van der Waals surface area contributed by atoms with Crippen LogP contribution in [-0.4, -0.2) is 45.3 Å². The maximum Gasteiger partial charge on any atom is 0.322 e. The fourth-order valence-corrected chi connectivity index (χ4v) is 2.65. The SMILES string of the molecule is COC1=CC(C(=O)O)(C(=O)c2cc(OC)cc(OC)c2)CC(OC)=C1. The summed E-state index contributed by atoms with van der Waals surface area (Å²) >= 11 is 0. The average molecular weight is 348 g/mol. The highest BCUT2D eigenvalue weighted by Gasteiger charge is 2.48. The number of carbonyl (C=O) groups is 2. The highest BCUT2D eigenvalue weighted by molar-refractivity contribution is 6.14. The molecule has 25 heavy (non-hydrogen) atoms. The zero-order chi connectivity index (χ0) is 18.6. The number of carboxylic acids is 1. The topological polar surface area (TPSA) is 91.3 Å². The number of hydrogen-bond donors (Lipinski definition) is 1. The lowest BCUT2D eigenvalue weighted by Gasteiger charge is -2.29. The Morgan fingerprint density at radius 2 is 1.56 bits per heavy atom. The minimum Gasteiger partial charge on any atom is -0.501 e. The molecule has 0 saturated heterocycles. The summed E-state index contributed by atoms with van der Waals surface area (Å²) in [6, 6.07) is 4.54. The second kappa shape index (κ2) is 7.29. The molecule has 0 amide bonds.